The molecule has 0 aromatic heterocycles. The van der Waals surface area contributed by atoms with E-state index in [9.17, 15) is 8.42 Å². The molecule has 1 aliphatic heterocycles. The minimum Gasteiger partial charge on any atom is -0.315 e. The Morgan fingerprint density at radius 2 is 1.95 bits per heavy atom. The van der Waals surface area contributed by atoms with Crippen LogP contribution in [0.5, 0.6) is 0 Å². The molecule has 5 nitrogen and oxygen atoms in total. The Kier molecular flexibility index (Phi) is 7.43. The summed E-state index contributed by atoms with van der Waals surface area (Å²) in [6.45, 7) is 10.4. The predicted octanol–water partition coefficient (Wildman–Crippen LogP) is 1.72. The Morgan fingerprint density at radius 3 is 2.55 bits per heavy atom. The lowest BCUT2D eigenvalue weighted by molar-refractivity contribution is 0.240. The summed E-state index contributed by atoms with van der Waals surface area (Å²) >= 11 is 0. The van der Waals surface area contributed by atoms with Crippen molar-refractivity contribution < 1.29 is 8.42 Å². The van der Waals surface area contributed by atoms with E-state index in [-0.39, 0.29) is 12.1 Å². The molecule has 0 bridgehead atoms. The molecule has 6 heteroatoms. The third-order valence-corrected chi connectivity index (χ3v) is 5.79. The highest BCUT2D eigenvalue weighted by Crippen LogP contribution is 2.20. The van der Waals surface area contributed by atoms with Gasteiger partial charge in [-0.3, -0.25) is 0 Å². The van der Waals surface area contributed by atoms with Gasteiger partial charge in [0.1, 0.15) is 0 Å². The molecular weight excluding hydrogens is 274 g/mol. The SMILES string of the molecule is CCCNCC1CCCCN1S(=O)(=O)NC(C)C(C)C. The fourth-order valence-electron chi connectivity index (χ4n) is 2.38. The minimum atomic E-state index is -3.37. The summed E-state index contributed by atoms with van der Waals surface area (Å²) in [5.41, 5.74) is 0. The third kappa shape index (κ3) is 5.31. The van der Waals surface area contributed by atoms with Crippen molar-refractivity contribution in [3.8, 4) is 0 Å². The van der Waals surface area contributed by atoms with Gasteiger partial charge in [0.05, 0.1) is 0 Å². The van der Waals surface area contributed by atoms with Crippen molar-refractivity contribution >= 4 is 10.2 Å². The smallest absolute Gasteiger partial charge is 0.279 e. The van der Waals surface area contributed by atoms with E-state index in [1.807, 2.05) is 20.8 Å². The van der Waals surface area contributed by atoms with E-state index in [1.54, 1.807) is 4.31 Å². The highest BCUT2D eigenvalue weighted by atomic mass is 32.2. The number of hydrogen-bond acceptors (Lipinski definition) is 3. The lowest BCUT2D eigenvalue weighted by Crippen LogP contribution is -2.54. The summed E-state index contributed by atoms with van der Waals surface area (Å²) < 4.78 is 29.5. The molecule has 0 aliphatic carbocycles. The van der Waals surface area contributed by atoms with E-state index >= 15 is 0 Å². The van der Waals surface area contributed by atoms with Crippen LogP contribution < -0.4 is 10.0 Å². The lowest BCUT2D eigenvalue weighted by atomic mass is 10.1. The maximum absolute atomic E-state index is 12.5. The summed E-state index contributed by atoms with van der Waals surface area (Å²) in [7, 11) is -3.37. The normalized spacial score (nSPS) is 23.1. The fraction of sp³-hybridized carbons (Fsp3) is 1.00. The molecule has 1 rings (SSSR count). The maximum atomic E-state index is 12.5. The van der Waals surface area contributed by atoms with Crippen LogP contribution in [0.2, 0.25) is 0 Å². The number of hydrogen-bond donors (Lipinski definition) is 2. The minimum absolute atomic E-state index is 0.0359. The first-order chi connectivity index (χ1) is 9.38. The first kappa shape index (κ1) is 17.9. The molecule has 2 unspecified atom stereocenters. The second-order valence-corrected chi connectivity index (χ2v) is 7.77. The topological polar surface area (TPSA) is 61.4 Å². The first-order valence-electron chi connectivity index (χ1n) is 7.88. The van der Waals surface area contributed by atoms with Crippen molar-refractivity contribution in [3.63, 3.8) is 0 Å². The maximum Gasteiger partial charge on any atom is 0.279 e. The largest absolute Gasteiger partial charge is 0.315 e. The molecule has 0 saturated carbocycles. The van der Waals surface area contributed by atoms with Gasteiger partial charge in [0.2, 0.25) is 0 Å². The molecular formula is C14H31N3O2S. The number of rotatable bonds is 8. The van der Waals surface area contributed by atoms with Crippen molar-refractivity contribution in [1.82, 2.24) is 14.3 Å². The van der Waals surface area contributed by atoms with Crippen LogP contribution in [0.25, 0.3) is 0 Å². The lowest BCUT2D eigenvalue weighted by Gasteiger charge is -2.36. The Bertz CT molecular complexity index is 371. The molecule has 1 aliphatic rings. The van der Waals surface area contributed by atoms with Crippen LogP contribution in [0, 0.1) is 5.92 Å². The van der Waals surface area contributed by atoms with Crippen LogP contribution in [-0.4, -0.2) is 44.4 Å². The molecule has 2 N–H and O–H groups in total. The van der Waals surface area contributed by atoms with Crippen molar-refractivity contribution in [2.45, 2.75) is 65.5 Å². The average Bonchev–Trinajstić information content (AvgIpc) is 2.39. The molecule has 0 radical (unpaired) electrons. The van der Waals surface area contributed by atoms with E-state index in [2.05, 4.69) is 17.0 Å². The average molecular weight is 305 g/mol. The van der Waals surface area contributed by atoms with Crippen molar-refractivity contribution in [2.75, 3.05) is 19.6 Å². The van der Waals surface area contributed by atoms with Crippen LogP contribution in [0.3, 0.4) is 0 Å². The van der Waals surface area contributed by atoms with Gasteiger partial charge in [0.25, 0.3) is 10.2 Å². The zero-order chi connectivity index (χ0) is 15.2. The number of nitrogens with zero attached hydrogens (tertiary/aromatic N) is 1. The Morgan fingerprint density at radius 1 is 1.25 bits per heavy atom. The van der Waals surface area contributed by atoms with Crippen molar-refractivity contribution in [2.24, 2.45) is 5.92 Å². The number of nitrogens with one attached hydrogen (secondary N) is 2. The second-order valence-electron chi connectivity index (χ2n) is 6.12. The van der Waals surface area contributed by atoms with Gasteiger partial charge in [-0.05, 0) is 38.6 Å². The second kappa shape index (κ2) is 8.32. The molecule has 0 aromatic carbocycles. The van der Waals surface area contributed by atoms with Crippen LogP contribution in [0.4, 0.5) is 0 Å². The van der Waals surface area contributed by atoms with E-state index in [4.69, 9.17) is 0 Å². The fourth-order valence-corrected chi connectivity index (χ4v) is 4.20. The quantitative estimate of drug-likeness (QED) is 0.671. The van der Waals surface area contributed by atoms with Crippen LogP contribution in [0.1, 0.15) is 53.4 Å². The van der Waals surface area contributed by atoms with Gasteiger partial charge in [-0.25, -0.2) is 0 Å². The van der Waals surface area contributed by atoms with E-state index in [1.165, 1.54) is 0 Å². The van der Waals surface area contributed by atoms with Crippen molar-refractivity contribution in [1.29, 1.82) is 0 Å². The van der Waals surface area contributed by atoms with E-state index in [0.717, 1.165) is 38.8 Å². The van der Waals surface area contributed by atoms with Gasteiger partial charge in [-0.2, -0.15) is 17.4 Å². The molecule has 0 spiro atoms. The van der Waals surface area contributed by atoms with Crippen LogP contribution in [-0.2, 0) is 10.2 Å². The Balaban J connectivity index is 2.67. The molecule has 2 atom stereocenters. The van der Waals surface area contributed by atoms with Crippen molar-refractivity contribution in [3.05, 3.63) is 0 Å². The van der Waals surface area contributed by atoms with E-state index in [0.29, 0.717) is 12.5 Å². The summed E-state index contributed by atoms with van der Waals surface area (Å²) in [4.78, 5) is 0. The van der Waals surface area contributed by atoms with Crippen LogP contribution in [0.15, 0.2) is 0 Å². The van der Waals surface area contributed by atoms with Gasteiger partial charge in [0.15, 0.2) is 0 Å². The summed E-state index contributed by atoms with van der Waals surface area (Å²) in [6, 6.07) is 0.0540. The zero-order valence-electron chi connectivity index (χ0n) is 13.4. The Hall–Kier alpha value is -0.170. The highest BCUT2D eigenvalue weighted by Gasteiger charge is 2.33. The van der Waals surface area contributed by atoms with Gasteiger partial charge in [-0.1, -0.05) is 27.2 Å². The summed E-state index contributed by atoms with van der Waals surface area (Å²) in [6.07, 6.45) is 4.10. The molecule has 1 saturated heterocycles. The Labute approximate surface area is 124 Å². The number of piperidine rings is 1. The summed E-state index contributed by atoms with van der Waals surface area (Å²) in [5, 5.41) is 3.35. The monoisotopic (exact) mass is 305 g/mol. The standard InChI is InChI=1S/C14H31N3O2S/c1-5-9-15-11-14-8-6-7-10-17(14)20(18,19)16-13(4)12(2)3/h12-16H,5-11H2,1-4H3. The van der Waals surface area contributed by atoms with Gasteiger partial charge in [-0.15, -0.1) is 0 Å². The van der Waals surface area contributed by atoms with E-state index < -0.39 is 10.2 Å². The molecule has 1 heterocycles. The molecule has 0 amide bonds. The predicted molar refractivity (Wildman–Crippen MR) is 83.9 cm³/mol. The third-order valence-electron chi connectivity index (χ3n) is 4.02. The molecule has 1 fully saturated rings. The molecule has 20 heavy (non-hydrogen) atoms. The first-order valence-corrected chi connectivity index (χ1v) is 9.32. The van der Waals surface area contributed by atoms with Gasteiger partial charge < -0.3 is 5.32 Å². The molecule has 0 aromatic rings. The summed E-state index contributed by atoms with van der Waals surface area (Å²) in [5.74, 6) is 0.297. The zero-order valence-corrected chi connectivity index (χ0v) is 14.2. The van der Waals surface area contributed by atoms with Gasteiger partial charge in [0, 0.05) is 25.2 Å². The van der Waals surface area contributed by atoms with Gasteiger partial charge >= 0.3 is 0 Å². The highest BCUT2D eigenvalue weighted by molar-refractivity contribution is 7.87. The molecule has 120 valence electrons. The van der Waals surface area contributed by atoms with Crippen LogP contribution >= 0.6 is 0 Å².